The van der Waals surface area contributed by atoms with Crippen molar-refractivity contribution >= 4 is 10.0 Å². The third-order valence-corrected chi connectivity index (χ3v) is 4.72. The van der Waals surface area contributed by atoms with Crippen molar-refractivity contribution < 1.29 is 8.42 Å². The summed E-state index contributed by atoms with van der Waals surface area (Å²) >= 11 is 0. The number of rotatable bonds is 3. The lowest BCUT2D eigenvalue weighted by molar-refractivity contribution is 0.428. The van der Waals surface area contributed by atoms with Gasteiger partial charge in [-0.3, -0.25) is 4.68 Å². The van der Waals surface area contributed by atoms with Crippen LogP contribution in [0.5, 0.6) is 0 Å². The lowest BCUT2D eigenvalue weighted by Gasteiger charge is -2.23. The van der Waals surface area contributed by atoms with Crippen molar-refractivity contribution in [2.75, 3.05) is 13.1 Å². The van der Waals surface area contributed by atoms with Gasteiger partial charge in [-0.05, 0) is 26.3 Å². The van der Waals surface area contributed by atoms with Crippen LogP contribution in [0.25, 0.3) is 0 Å². The molecule has 0 aromatic carbocycles. The number of aryl methyl sites for hydroxylation is 1. The van der Waals surface area contributed by atoms with Crippen LogP contribution in [0.1, 0.15) is 18.5 Å². The quantitative estimate of drug-likeness (QED) is 0.784. The Morgan fingerprint density at radius 1 is 1.59 bits per heavy atom. The van der Waals surface area contributed by atoms with Gasteiger partial charge in [0.15, 0.2) is 0 Å². The summed E-state index contributed by atoms with van der Waals surface area (Å²) in [5, 5.41) is 7.14. The van der Waals surface area contributed by atoms with E-state index in [1.165, 1.54) is 6.20 Å². The van der Waals surface area contributed by atoms with E-state index in [4.69, 9.17) is 0 Å². The first-order valence-electron chi connectivity index (χ1n) is 5.72. The molecule has 0 radical (unpaired) electrons. The molecule has 7 heteroatoms. The summed E-state index contributed by atoms with van der Waals surface area (Å²) in [5.41, 5.74) is 0.654. The van der Waals surface area contributed by atoms with Gasteiger partial charge in [0.2, 0.25) is 10.0 Å². The number of hydrogen-bond acceptors (Lipinski definition) is 4. The van der Waals surface area contributed by atoms with Crippen LogP contribution in [0.3, 0.4) is 0 Å². The first-order valence-corrected chi connectivity index (χ1v) is 7.20. The largest absolute Gasteiger partial charge is 0.315 e. The number of hydrogen-bond donors (Lipinski definition) is 2. The molecule has 0 saturated carbocycles. The molecule has 1 saturated heterocycles. The first-order chi connectivity index (χ1) is 8.00. The Hall–Kier alpha value is -0.920. The van der Waals surface area contributed by atoms with Gasteiger partial charge in [0.25, 0.3) is 0 Å². The van der Waals surface area contributed by atoms with Gasteiger partial charge in [0.1, 0.15) is 4.90 Å². The molecule has 96 valence electrons. The normalized spacial score (nSPS) is 21.6. The van der Waals surface area contributed by atoms with E-state index in [1.807, 2.05) is 0 Å². The summed E-state index contributed by atoms with van der Waals surface area (Å²) in [6.07, 6.45) is 3.28. The zero-order valence-electron chi connectivity index (χ0n) is 10.1. The van der Waals surface area contributed by atoms with Gasteiger partial charge in [-0.15, -0.1) is 0 Å². The summed E-state index contributed by atoms with van der Waals surface area (Å²) in [6.45, 7) is 3.41. The minimum atomic E-state index is -3.44. The minimum absolute atomic E-state index is 0.0200. The summed E-state index contributed by atoms with van der Waals surface area (Å²) in [4.78, 5) is 0.269. The summed E-state index contributed by atoms with van der Waals surface area (Å²) < 4.78 is 28.6. The van der Waals surface area contributed by atoms with Gasteiger partial charge < -0.3 is 5.32 Å². The molecule has 1 aliphatic rings. The number of sulfonamides is 1. The van der Waals surface area contributed by atoms with Crippen molar-refractivity contribution in [2.24, 2.45) is 7.05 Å². The Morgan fingerprint density at radius 3 is 2.88 bits per heavy atom. The van der Waals surface area contributed by atoms with Crippen LogP contribution >= 0.6 is 0 Å². The van der Waals surface area contributed by atoms with Crippen molar-refractivity contribution in [1.82, 2.24) is 19.8 Å². The molecule has 1 aromatic rings. The maximum atomic E-state index is 12.1. The Bertz CT molecular complexity index is 488. The molecule has 1 atom stereocenters. The second-order valence-corrected chi connectivity index (χ2v) is 6.06. The molecule has 0 bridgehead atoms. The van der Waals surface area contributed by atoms with Crippen LogP contribution in [-0.4, -0.2) is 37.3 Å². The first kappa shape index (κ1) is 12.5. The van der Waals surface area contributed by atoms with Crippen LogP contribution < -0.4 is 10.0 Å². The lowest BCUT2D eigenvalue weighted by atomic mass is 10.1. The molecule has 1 fully saturated rings. The zero-order chi connectivity index (χ0) is 12.5. The standard InChI is InChI=1S/C10H18N4O2S/c1-8-10(7-12-14(8)2)17(15,16)13-9-4-3-5-11-6-9/h7,9,11,13H,3-6H2,1-2H3/t9-/m1/s1. The van der Waals surface area contributed by atoms with Gasteiger partial charge in [-0.1, -0.05) is 0 Å². The zero-order valence-corrected chi connectivity index (χ0v) is 10.9. The smallest absolute Gasteiger partial charge is 0.244 e. The Kier molecular flexibility index (Phi) is 3.50. The van der Waals surface area contributed by atoms with Gasteiger partial charge in [0, 0.05) is 19.6 Å². The highest BCUT2D eigenvalue weighted by Gasteiger charge is 2.24. The molecule has 6 nitrogen and oxygen atoms in total. The topological polar surface area (TPSA) is 76.0 Å². The maximum Gasteiger partial charge on any atom is 0.244 e. The Labute approximate surface area is 101 Å². The molecule has 0 aliphatic carbocycles. The van der Waals surface area contributed by atoms with Crippen molar-refractivity contribution in [3.05, 3.63) is 11.9 Å². The SMILES string of the molecule is Cc1c(S(=O)(=O)N[C@@H]2CCCNC2)cnn1C. The second kappa shape index (κ2) is 4.75. The summed E-state index contributed by atoms with van der Waals surface area (Å²) in [6, 6.07) is -0.0200. The fourth-order valence-corrected chi connectivity index (χ4v) is 3.45. The third-order valence-electron chi connectivity index (χ3n) is 3.10. The number of piperidine rings is 1. The van der Waals surface area contributed by atoms with E-state index in [9.17, 15) is 8.42 Å². The van der Waals surface area contributed by atoms with Crippen molar-refractivity contribution in [2.45, 2.75) is 30.7 Å². The van der Waals surface area contributed by atoms with E-state index in [0.717, 1.165) is 19.4 Å². The van der Waals surface area contributed by atoms with Crippen LogP contribution in [0, 0.1) is 6.92 Å². The van der Waals surface area contributed by atoms with Gasteiger partial charge in [0.05, 0.1) is 11.9 Å². The summed E-state index contributed by atoms with van der Waals surface area (Å²) in [5.74, 6) is 0. The highest BCUT2D eigenvalue weighted by atomic mass is 32.2. The highest BCUT2D eigenvalue weighted by Crippen LogP contribution is 2.14. The maximum absolute atomic E-state index is 12.1. The second-order valence-electron chi connectivity index (χ2n) is 4.38. The lowest BCUT2D eigenvalue weighted by Crippen LogP contribution is -2.45. The van der Waals surface area contributed by atoms with Gasteiger partial charge >= 0.3 is 0 Å². The van der Waals surface area contributed by atoms with E-state index in [0.29, 0.717) is 12.2 Å². The monoisotopic (exact) mass is 258 g/mol. The molecular formula is C10H18N4O2S. The van der Waals surface area contributed by atoms with Crippen molar-refractivity contribution in [3.63, 3.8) is 0 Å². The molecule has 0 amide bonds. The van der Waals surface area contributed by atoms with Crippen LogP contribution in [0.2, 0.25) is 0 Å². The molecule has 2 rings (SSSR count). The van der Waals surface area contributed by atoms with Crippen molar-refractivity contribution in [3.8, 4) is 0 Å². The number of nitrogens with one attached hydrogen (secondary N) is 2. The molecule has 0 unspecified atom stereocenters. The molecule has 17 heavy (non-hydrogen) atoms. The molecule has 0 spiro atoms. The van der Waals surface area contributed by atoms with E-state index in [-0.39, 0.29) is 10.9 Å². The van der Waals surface area contributed by atoms with Gasteiger partial charge in [-0.2, -0.15) is 5.10 Å². The van der Waals surface area contributed by atoms with E-state index in [1.54, 1.807) is 18.7 Å². The predicted molar refractivity (Wildman–Crippen MR) is 64.2 cm³/mol. The van der Waals surface area contributed by atoms with E-state index < -0.39 is 10.0 Å². The fourth-order valence-electron chi connectivity index (χ4n) is 1.98. The van der Waals surface area contributed by atoms with E-state index in [2.05, 4.69) is 15.1 Å². The van der Waals surface area contributed by atoms with Crippen LogP contribution in [-0.2, 0) is 17.1 Å². The fraction of sp³-hybridized carbons (Fsp3) is 0.700. The Morgan fingerprint density at radius 2 is 2.35 bits per heavy atom. The highest BCUT2D eigenvalue weighted by molar-refractivity contribution is 7.89. The molecule has 2 N–H and O–H groups in total. The molecule has 1 aliphatic heterocycles. The molecule has 1 aromatic heterocycles. The van der Waals surface area contributed by atoms with Crippen LogP contribution in [0.4, 0.5) is 0 Å². The third kappa shape index (κ3) is 2.67. The Balaban J connectivity index is 2.16. The predicted octanol–water partition coefficient (Wildman–Crippen LogP) is -0.241. The van der Waals surface area contributed by atoms with Gasteiger partial charge in [-0.25, -0.2) is 13.1 Å². The average Bonchev–Trinajstić information content (AvgIpc) is 2.61. The van der Waals surface area contributed by atoms with Crippen molar-refractivity contribution in [1.29, 1.82) is 0 Å². The van der Waals surface area contributed by atoms with Crippen LogP contribution in [0.15, 0.2) is 11.1 Å². The minimum Gasteiger partial charge on any atom is -0.315 e. The summed E-state index contributed by atoms with van der Waals surface area (Å²) in [7, 11) is -1.71. The number of aromatic nitrogens is 2. The average molecular weight is 258 g/mol. The molecule has 2 heterocycles. The number of nitrogens with zero attached hydrogens (tertiary/aromatic N) is 2. The van der Waals surface area contributed by atoms with E-state index >= 15 is 0 Å². The molecular weight excluding hydrogens is 240 g/mol.